The molecule has 0 aliphatic carbocycles. The average Bonchev–Trinajstić information content (AvgIpc) is 4.09. The molecule has 0 aromatic heterocycles. The van der Waals surface area contributed by atoms with E-state index in [2.05, 4.69) is 13.8 Å². The van der Waals surface area contributed by atoms with E-state index in [4.69, 9.17) is 37.9 Å². The minimum absolute atomic E-state index is 0.214. The molecule has 4 aromatic rings. The maximum Gasteiger partial charge on any atom is 0.343 e. The van der Waals surface area contributed by atoms with Crippen LogP contribution in [0.1, 0.15) is 74.1 Å². The molecule has 0 amide bonds. The molecule has 4 unspecified atom stereocenters. The summed E-state index contributed by atoms with van der Waals surface area (Å²) in [5, 5.41) is 0. The Bertz CT molecular complexity index is 1630. The minimum Gasteiger partial charge on any atom is -0.465 e. The lowest BCUT2D eigenvalue weighted by Crippen LogP contribution is -2.26. The maximum absolute atomic E-state index is 12.8. The predicted molar refractivity (Wildman–Crippen MR) is 194 cm³/mol. The van der Waals surface area contributed by atoms with Crippen LogP contribution < -0.4 is 18.9 Å². The SMILES string of the molecule is CCCC(OCC1(C)CO1)Oc1ccc(C(=O)Oc2ccc(-c3ccc(OC(=O)c4ccc(OC(CCC)OCC5(C)CO5)cc4)cc3)cc2)cc1. The summed E-state index contributed by atoms with van der Waals surface area (Å²) in [6.07, 6.45) is 2.53. The summed E-state index contributed by atoms with van der Waals surface area (Å²) in [5.74, 6) is 1.10. The quantitative estimate of drug-likeness (QED) is 0.0407. The van der Waals surface area contributed by atoms with Crippen LogP contribution in [0.4, 0.5) is 0 Å². The molecule has 0 saturated carbocycles. The van der Waals surface area contributed by atoms with Crippen molar-refractivity contribution < 1.29 is 47.5 Å². The molecule has 2 saturated heterocycles. The van der Waals surface area contributed by atoms with Gasteiger partial charge in [-0.3, -0.25) is 0 Å². The van der Waals surface area contributed by atoms with Gasteiger partial charge in [-0.1, -0.05) is 51.0 Å². The molecule has 4 atom stereocenters. The van der Waals surface area contributed by atoms with E-state index in [1.54, 1.807) is 72.8 Å². The largest absolute Gasteiger partial charge is 0.465 e. The standard InChI is InChI=1S/C42H46O10/c1-5-7-37(45-25-41(3)27-47-41)49-33-21-13-31(14-22-33)39(43)51-35-17-9-29(10-18-35)30-11-19-36(20-12-30)52-40(44)32-15-23-34(24-16-32)50-38(8-6-2)46-26-42(4)28-48-42/h9-24,37-38H,5-8,25-28H2,1-4H3. The normalized spacial score (nSPS) is 20.0. The molecule has 2 fully saturated rings. The Balaban J connectivity index is 0.966. The number of hydrogen-bond acceptors (Lipinski definition) is 10. The number of ether oxygens (including phenoxy) is 8. The number of hydrogen-bond donors (Lipinski definition) is 0. The van der Waals surface area contributed by atoms with Gasteiger partial charge in [-0.2, -0.15) is 0 Å². The third kappa shape index (κ3) is 10.6. The Morgan fingerprint density at radius 3 is 1.19 bits per heavy atom. The van der Waals surface area contributed by atoms with Crippen molar-refractivity contribution in [2.45, 2.75) is 77.2 Å². The molecule has 274 valence electrons. The van der Waals surface area contributed by atoms with Crippen LogP contribution in [0.3, 0.4) is 0 Å². The van der Waals surface area contributed by atoms with Crippen LogP contribution in [0, 0.1) is 0 Å². The second-order valence-corrected chi connectivity index (χ2v) is 13.6. The molecule has 0 radical (unpaired) electrons. The van der Waals surface area contributed by atoms with Crippen molar-refractivity contribution in [3.8, 4) is 34.1 Å². The van der Waals surface area contributed by atoms with Gasteiger partial charge in [0.05, 0.1) is 37.6 Å². The topological polar surface area (TPSA) is 115 Å². The number of epoxide rings is 2. The molecule has 10 heteroatoms. The van der Waals surface area contributed by atoms with Crippen molar-refractivity contribution in [1.82, 2.24) is 0 Å². The van der Waals surface area contributed by atoms with Crippen LogP contribution in [-0.4, -0.2) is 62.1 Å². The minimum atomic E-state index is -0.476. The van der Waals surface area contributed by atoms with Gasteiger partial charge >= 0.3 is 11.9 Å². The Morgan fingerprint density at radius 2 is 0.885 bits per heavy atom. The Morgan fingerprint density at radius 1 is 0.558 bits per heavy atom. The average molecular weight is 711 g/mol. The summed E-state index contributed by atoms with van der Waals surface area (Å²) in [7, 11) is 0. The molecule has 10 nitrogen and oxygen atoms in total. The van der Waals surface area contributed by atoms with Gasteiger partial charge in [0.25, 0.3) is 0 Å². The number of rotatable bonds is 19. The molecule has 2 aliphatic heterocycles. The lowest BCUT2D eigenvalue weighted by Gasteiger charge is -2.20. The number of carbonyl (C=O) groups excluding carboxylic acids is 2. The Labute approximate surface area is 304 Å². The first-order chi connectivity index (χ1) is 25.1. The number of carbonyl (C=O) groups is 2. The molecule has 0 spiro atoms. The van der Waals surface area contributed by atoms with Crippen molar-refractivity contribution in [1.29, 1.82) is 0 Å². The van der Waals surface area contributed by atoms with Crippen LogP contribution in [0.5, 0.6) is 23.0 Å². The molecule has 6 rings (SSSR count). The summed E-state index contributed by atoms with van der Waals surface area (Å²) in [5.41, 5.74) is 2.19. The zero-order chi connectivity index (χ0) is 36.6. The van der Waals surface area contributed by atoms with E-state index in [0.29, 0.717) is 60.6 Å². The van der Waals surface area contributed by atoms with E-state index < -0.39 is 11.9 Å². The van der Waals surface area contributed by atoms with E-state index in [9.17, 15) is 9.59 Å². The fourth-order valence-electron chi connectivity index (χ4n) is 5.18. The highest BCUT2D eigenvalue weighted by molar-refractivity contribution is 5.92. The van der Waals surface area contributed by atoms with Crippen molar-refractivity contribution >= 4 is 11.9 Å². The second kappa shape index (κ2) is 16.7. The molecule has 2 heterocycles. The monoisotopic (exact) mass is 710 g/mol. The van der Waals surface area contributed by atoms with E-state index >= 15 is 0 Å². The van der Waals surface area contributed by atoms with Gasteiger partial charge in [-0.15, -0.1) is 0 Å². The highest BCUT2D eigenvalue weighted by atomic mass is 16.7. The van der Waals surface area contributed by atoms with Gasteiger partial charge < -0.3 is 37.9 Å². The Kier molecular flexibility index (Phi) is 11.9. The molecule has 2 aliphatic rings. The Hall–Kier alpha value is -4.74. The van der Waals surface area contributed by atoms with Gasteiger partial charge in [-0.25, -0.2) is 9.59 Å². The first-order valence-corrected chi connectivity index (χ1v) is 17.8. The van der Waals surface area contributed by atoms with Gasteiger partial charge in [0.1, 0.15) is 34.2 Å². The van der Waals surface area contributed by atoms with Gasteiger partial charge in [0.15, 0.2) is 12.6 Å². The van der Waals surface area contributed by atoms with Crippen LogP contribution in [-0.2, 0) is 18.9 Å². The lowest BCUT2D eigenvalue weighted by atomic mass is 10.1. The van der Waals surface area contributed by atoms with E-state index in [1.165, 1.54) is 0 Å². The van der Waals surface area contributed by atoms with Gasteiger partial charge in [-0.05, 0) is 97.8 Å². The first-order valence-electron chi connectivity index (χ1n) is 17.8. The van der Waals surface area contributed by atoms with Crippen molar-refractivity contribution in [2.75, 3.05) is 26.4 Å². The van der Waals surface area contributed by atoms with Crippen LogP contribution >= 0.6 is 0 Å². The fraction of sp³-hybridized carbons (Fsp3) is 0.381. The highest BCUT2D eigenvalue weighted by Gasteiger charge is 2.41. The summed E-state index contributed by atoms with van der Waals surface area (Å²) < 4.78 is 45.8. The summed E-state index contributed by atoms with van der Waals surface area (Å²) >= 11 is 0. The van der Waals surface area contributed by atoms with Crippen molar-refractivity contribution in [3.63, 3.8) is 0 Å². The zero-order valence-corrected chi connectivity index (χ0v) is 30.1. The maximum atomic E-state index is 12.8. The molecule has 4 aromatic carbocycles. The molecule has 0 bridgehead atoms. The third-order valence-electron chi connectivity index (χ3n) is 8.65. The third-order valence-corrected chi connectivity index (χ3v) is 8.65. The second-order valence-electron chi connectivity index (χ2n) is 13.6. The smallest absolute Gasteiger partial charge is 0.343 e. The zero-order valence-electron chi connectivity index (χ0n) is 30.1. The van der Waals surface area contributed by atoms with E-state index in [-0.39, 0.29) is 23.8 Å². The summed E-state index contributed by atoms with van der Waals surface area (Å²) in [6, 6.07) is 28.0. The first kappa shape index (κ1) is 37.0. The van der Waals surface area contributed by atoms with Crippen molar-refractivity contribution in [2.24, 2.45) is 0 Å². The summed E-state index contributed by atoms with van der Waals surface area (Å²) in [6.45, 7) is 10.5. The van der Waals surface area contributed by atoms with Crippen LogP contribution in [0.15, 0.2) is 97.1 Å². The highest BCUT2D eigenvalue weighted by Crippen LogP contribution is 2.29. The number of benzene rings is 4. The van der Waals surface area contributed by atoms with E-state index in [0.717, 1.165) is 36.8 Å². The molecular weight excluding hydrogens is 664 g/mol. The number of esters is 2. The van der Waals surface area contributed by atoms with Crippen LogP contribution in [0.25, 0.3) is 11.1 Å². The van der Waals surface area contributed by atoms with Gasteiger partial charge in [0.2, 0.25) is 0 Å². The predicted octanol–water partition coefficient (Wildman–Crippen LogP) is 8.41. The lowest BCUT2D eigenvalue weighted by molar-refractivity contribution is -0.0979. The van der Waals surface area contributed by atoms with E-state index in [1.807, 2.05) is 38.1 Å². The summed E-state index contributed by atoms with van der Waals surface area (Å²) in [4.78, 5) is 25.7. The van der Waals surface area contributed by atoms with Crippen molar-refractivity contribution in [3.05, 3.63) is 108 Å². The molecule has 52 heavy (non-hydrogen) atoms. The fourth-order valence-corrected chi connectivity index (χ4v) is 5.18. The van der Waals surface area contributed by atoms with Crippen LogP contribution in [0.2, 0.25) is 0 Å². The van der Waals surface area contributed by atoms with Gasteiger partial charge in [0, 0.05) is 12.8 Å². The molecule has 0 N–H and O–H groups in total. The molecular formula is C42H46O10.